The summed E-state index contributed by atoms with van der Waals surface area (Å²) in [5, 5.41) is 3.21. The van der Waals surface area contributed by atoms with Crippen LogP contribution in [0.1, 0.15) is 31.4 Å². The Hall–Kier alpha value is -1.05. The van der Waals surface area contributed by atoms with Crippen molar-refractivity contribution in [1.82, 2.24) is 10.2 Å². The van der Waals surface area contributed by atoms with Crippen LogP contribution in [0.5, 0.6) is 5.75 Å². The van der Waals surface area contributed by atoms with E-state index in [1.807, 2.05) is 6.92 Å². The van der Waals surface area contributed by atoms with Crippen LogP contribution in [-0.2, 0) is 0 Å². The largest absolute Gasteiger partial charge is 0.573 e. The molecule has 1 N–H and O–H groups in total. The van der Waals surface area contributed by atoms with Crippen molar-refractivity contribution in [2.75, 3.05) is 26.2 Å². The maximum Gasteiger partial charge on any atom is 0.573 e. The number of ether oxygens (including phenoxy) is 1. The van der Waals surface area contributed by atoms with E-state index in [1.165, 1.54) is 6.07 Å². The summed E-state index contributed by atoms with van der Waals surface area (Å²) in [7, 11) is 0. The predicted molar refractivity (Wildman–Crippen MR) is 82.4 cm³/mol. The topological polar surface area (TPSA) is 24.5 Å². The Bertz CT molecular complexity index is 493. The molecule has 0 aliphatic carbocycles. The molecule has 1 saturated heterocycles. The Labute approximate surface area is 139 Å². The number of alkyl halides is 3. The number of nitrogens with zero attached hydrogens (tertiary/aromatic N) is 1. The van der Waals surface area contributed by atoms with Crippen LogP contribution in [0.3, 0.4) is 0 Å². The molecule has 23 heavy (non-hydrogen) atoms. The van der Waals surface area contributed by atoms with Gasteiger partial charge in [-0.25, -0.2) is 4.39 Å². The third kappa shape index (κ3) is 5.82. The van der Waals surface area contributed by atoms with Gasteiger partial charge in [-0.05, 0) is 24.6 Å². The molecule has 1 fully saturated rings. The first kappa shape index (κ1) is 20.0. The van der Waals surface area contributed by atoms with Crippen LogP contribution in [-0.4, -0.2) is 37.4 Å². The van der Waals surface area contributed by atoms with E-state index in [4.69, 9.17) is 0 Å². The number of halogens is 5. The van der Waals surface area contributed by atoms with Gasteiger partial charge in [0.2, 0.25) is 0 Å². The molecule has 0 radical (unpaired) electrons. The van der Waals surface area contributed by atoms with Crippen LogP contribution in [0.25, 0.3) is 0 Å². The van der Waals surface area contributed by atoms with Crippen molar-refractivity contribution in [2.24, 2.45) is 0 Å². The van der Waals surface area contributed by atoms with Gasteiger partial charge in [-0.3, -0.25) is 4.90 Å². The number of hydrogen-bond acceptors (Lipinski definition) is 3. The van der Waals surface area contributed by atoms with Gasteiger partial charge in [-0.1, -0.05) is 13.3 Å². The van der Waals surface area contributed by atoms with E-state index in [9.17, 15) is 17.6 Å². The Morgan fingerprint density at radius 2 is 1.91 bits per heavy atom. The Balaban J connectivity index is 0.00000264. The minimum absolute atomic E-state index is 0. The third-order valence-corrected chi connectivity index (χ3v) is 3.71. The molecule has 3 nitrogen and oxygen atoms in total. The zero-order chi connectivity index (χ0) is 16.2. The quantitative estimate of drug-likeness (QED) is 0.810. The van der Waals surface area contributed by atoms with E-state index in [-0.39, 0.29) is 29.8 Å². The maximum atomic E-state index is 14.2. The highest BCUT2D eigenvalue weighted by molar-refractivity contribution is 5.85. The second-order valence-corrected chi connectivity index (χ2v) is 5.32. The van der Waals surface area contributed by atoms with Gasteiger partial charge < -0.3 is 10.1 Å². The van der Waals surface area contributed by atoms with Crippen LogP contribution in [0.2, 0.25) is 0 Å². The lowest BCUT2D eigenvalue weighted by atomic mass is 9.99. The Kier molecular flexibility index (Phi) is 7.57. The summed E-state index contributed by atoms with van der Waals surface area (Å²) in [5.74, 6) is -0.869. The smallest absolute Gasteiger partial charge is 0.406 e. The minimum atomic E-state index is -4.77. The van der Waals surface area contributed by atoms with Gasteiger partial charge in [-0.15, -0.1) is 25.6 Å². The van der Waals surface area contributed by atoms with E-state index in [2.05, 4.69) is 15.0 Å². The predicted octanol–water partition coefficient (Wildman–Crippen LogP) is 3.89. The highest BCUT2D eigenvalue weighted by Gasteiger charge is 2.32. The minimum Gasteiger partial charge on any atom is -0.406 e. The number of rotatable bonds is 5. The molecule has 8 heteroatoms. The van der Waals surface area contributed by atoms with Gasteiger partial charge in [0.15, 0.2) is 0 Å². The Morgan fingerprint density at radius 3 is 2.48 bits per heavy atom. The number of hydrogen-bond donors (Lipinski definition) is 1. The molecule has 0 amide bonds. The van der Waals surface area contributed by atoms with E-state index in [0.29, 0.717) is 6.42 Å². The Morgan fingerprint density at radius 1 is 1.26 bits per heavy atom. The summed E-state index contributed by atoms with van der Waals surface area (Å²) in [6.07, 6.45) is -3.27. The summed E-state index contributed by atoms with van der Waals surface area (Å²) in [6, 6.07) is 2.99. The third-order valence-electron chi connectivity index (χ3n) is 3.71. The summed E-state index contributed by atoms with van der Waals surface area (Å²) in [5.41, 5.74) is 0.269. The molecule has 1 aliphatic rings. The SMILES string of the molecule is CCC[C@@H](c1cc(OC(F)(F)F)ccc1F)N1CCNCC1.Cl. The summed E-state index contributed by atoms with van der Waals surface area (Å²) in [6.45, 7) is 5.05. The van der Waals surface area contributed by atoms with Crippen molar-refractivity contribution in [3.8, 4) is 5.75 Å². The molecule has 2 rings (SSSR count). The average Bonchev–Trinajstić information content (AvgIpc) is 2.46. The monoisotopic (exact) mass is 356 g/mol. The lowest BCUT2D eigenvalue weighted by molar-refractivity contribution is -0.274. The fourth-order valence-electron chi connectivity index (χ4n) is 2.78. The molecule has 0 unspecified atom stereocenters. The van der Waals surface area contributed by atoms with Crippen molar-refractivity contribution in [3.05, 3.63) is 29.6 Å². The van der Waals surface area contributed by atoms with Gasteiger partial charge in [0.1, 0.15) is 11.6 Å². The van der Waals surface area contributed by atoms with Crippen molar-refractivity contribution >= 4 is 12.4 Å². The second kappa shape index (κ2) is 8.70. The molecule has 1 aromatic rings. The first-order valence-electron chi connectivity index (χ1n) is 7.40. The number of benzene rings is 1. The lowest BCUT2D eigenvalue weighted by Crippen LogP contribution is -2.45. The van der Waals surface area contributed by atoms with Gasteiger partial charge in [0, 0.05) is 37.8 Å². The molecule has 0 aromatic heterocycles. The lowest BCUT2D eigenvalue weighted by Gasteiger charge is -2.35. The summed E-state index contributed by atoms with van der Waals surface area (Å²) in [4.78, 5) is 2.11. The first-order chi connectivity index (χ1) is 10.4. The van der Waals surface area contributed by atoms with Crippen molar-refractivity contribution in [3.63, 3.8) is 0 Å². The van der Waals surface area contributed by atoms with Crippen molar-refractivity contribution < 1.29 is 22.3 Å². The molecule has 132 valence electrons. The standard InChI is InChI=1S/C15H20F4N2O.ClH/c1-2-3-14(21-8-6-20-7-9-21)12-10-11(4-5-13(12)16)22-15(17,18)19;/h4-5,10,14,20H,2-3,6-9H2,1H3;1H/t14-;/m0./s1. The summed E-state index contributed by atoms with van der Waals surface area (Å²) < 4.78 is 55.1. The summed E-state index contributed by atoms with van der Waals surface area (Å²) >= 11 is 0. The van der Waals surface area contributed by atoms with Gasteiger partial charge in [0.25, 0.3) is 0 Å². The molecular formula is C15H21ClF4N2O. The fourth-order valence-corrected chi connectivity index (χ4v) is 2.78. The molecule has 0 saturated carbocycles. The molecule has 0 bridgehead atoms. The average molecular weight is 357 g/mol. The highest BCUT2D eigenvalue weighted by atomic mass is 35.5. The molecular weight excluding hydrogens is 336 g/mol. The zero-order valence-corrected chi connectivity index (χ0v) is 13.6. The molecule has 1 atom stereocenters. The van der Waals surface area contributed by atoms with Crippen LogP contribution in [0.15, 0.2) is 18.2 Å². The van der Waals surface area contributed by atoms with Crippen molar-refractivity contribution in [1.29, 1.82) is 0 Å². The van der Waals surface area contributed by atoms with E-state index >= 15 is 0 Å². The van der Waals surface area contributed by atoms with E-state index in [1.54, 1.807) is 0 Å². The van der Waals surface area contributed by atoms with Crippen LogP contribution in [0, 0.1) is 5.82 Å². The van der Waals surface area contributed by atoms with Gasteiger partial charge in [0.05, 0.1) is 0 Å². The van der Waals surface area contributed by atoms with E-state index < -0.39 is 12.2 Å². The molecule has 1 aliphatic heterocycles. The molecule has 1 heterocycles. The second-order valence-electron chi connectivity index (χ2n) is 5.32. The number of nitrogens with one attached hydrogen (secondary N) is 1. The normalized spacial score (nSPS) is 17.4. The molecule has 0 spiro atoms. The van der Waals surface area contributed by atoms with Crippen LogP contribution >= 0.6 is 12.4 Å². The maximum absolute atomic E-state index is 14.2. The zero-order valence-electron chi connectivity index (χ0n) is 12.8. The van der Waals surface area contributed by atoms with Gasteiger partial charge >= 0.3 is 6.36 Å². The van der Waals surface area contributed by atoms with Gasteiger partial charge in [-0.2, -0.15) is 0 Å². The van der Waals surface area contributed by atoms with E-state index in [0.717, 1.165) is 44.7 Å². The van der Waals surface area contributed by atoms with Crippen molar-refractivity contribution in [2.45, 2.75) is 32.2 Å². The van der Waals surface area contributed by atoms with Crippen LogP contribution in [0.4, 0.5) is 17.6 Å². The number of piperazine rings is 1. The first-order valence-corrected chi connectivity index (χ1v) is 7.40. The molecule has 1 aromatic carbocycles. The van der Waals surface area contributed by atoms with Crippen LogP contribution < -0.4 is 10.1 Å². The highest BCUT2D eigenvalue weighted by Crippen LogP contribution is 2.32. The fraction of sp³-hybridized carbons (Fsp3) is 0.600.